The molecule has 2 amide bonds. The first-order valence-electron chi connectivity index (χ1n) is 9.05. The van der Waals surface area contributed by atoms with Crippen LogP contribution in [-0.4, -0.2) is 35.2 Å². The molecular weight excluding hydrogens is 485 g/mol. The van der Waals surface area contributed by atoms with Crippen molar-refractivity contribution in [3.63, 3.8) is 0 Å². The smallest absolute Gasteiger partial charge is 0.344 e. The van der Waals surface area contributed by atoms with E-state index < -0.39 is 11.9 Å². The van der Waals surface area contributed by atoms with Crippen LogP contribution in [0.15, 0.2) is 41.3 Å². The molecule has 1 heterocycles. The van der Waals surface area contributed by atoms with E-state index in [2.05, 4.69) is 0 Å². The number of nitrogens with zero attached hydrogens (tertiary/aromatic N) is 1. The van der Waals surface area contributed by atoms with E-state index in [9.17, 15) is 14.4 Å². The summed E-state index contributed by atoms with van der Waals surface area (Å²) >= 11 is 19.2. The van der Waals surface area contributed by atoms with E-state index in [1.807, 2.05) is 0 Å². The van der Waals surface area contributed by atoms with Gasteiger partial charge < -0.3 is 9.47 Å². The van der Waals surface area contributed by atoms with E-state index in [0.29, 0.717) is 10.6 Å². The molecule has 0 bridgehead atoms. The lowest BCUT2D eigenvalue weighted by Gasteiger charge is -2.12. The van der Waals surface area contributed by atoms with Crippen LogP contribution in [0.3, 0.4) is 0 Å². The Labute approximate surface area is 198 Å². The number of imide groups is 1. The van der Waals surface area contributed by atoms with Gasteiger partial charge in [-0.25, -0.2) is 4.79 Å². The molecule has 31 heavy (non-hydrogen) atoms. The van der Waals surface area contributed by atoms with E-state index in [-0.39, 0.29) is 45.7 Å². The number of rotatable bonds is 7. The molecule has 0 saturated carbocycles. The first kappa shape index (κ1) is 23.5. The predicted octanol–water partition coefficient (Wildman–Crippen LogP) is 5.83. The van der Waals surface area contributed by atoms with Crippen LogP contribution in [0.25, 0.3) is 6.08 Å². The van der Waals surface area contributed by atoms with Gasteiger partial charge in [0, 0.05) is 5.02 Å². The van der Waals surface area contributed by atoms with Crippen LogP contribution in [0.1, 0.15) is 18.1 Å². The lowest BCUT2D eigenvalue weighted by Crippen LogP contribution is -2.27. The number of hydrogen-bond acceptors (Lipinski definition) is 6. The molecule has 1 saturated heterocycles. The highest BCUT2D eigenvalue weighted by Crippen LogP contribution is 2.38. The van der Waals surface area contributed by atoms with Gasteiger partial charge in [0.05, 0.1) is 28.1 Å². The number of esters is 1. The first-order valence-corrected chi connectivity index (χ1v) is 11.0. The lowest BCUT2D eigenvalue weighted by molar-refractivity contribution is -0.145. The van der Waals surface area contributed by atoms with Crippen LogP contribution < -0.4 is 4.74 Å². The number of amides is 2. The molecule has 0 aliphatic carbocycles. The second-order valence-corrected chi connectivity index (χ2v) is 8.55. The van der Waals surface area contributed by atoms with E-state index in [4.69, 9.17) is 44.3 Å². The predicted molar refractivity (Wildman–Crippen MR) is 122 cm³/mol. The number of carbonyl (C=O) groups excluding carboxylic acids is 3. The number of thioether (sulfide) groups is 1. The quantitative estimate of drug-likeness (QED) is 0.352. The number of halogens is 3. The second-order valence-electron chi connectivity index (χ2n) is 6.31. The lowest BCUT2D eigenvalue weighted by atomic mass is 10.2. The van der Waals surface area contributed by atoms with Gasteiger partial charge in [0.15, 0.2) is 12.4 Å². The zero-order chi connectivity index (χ0) is 22.5. The van der Waals surface area contributed by atoms with Gasteiger partial charge in [-0.1, -0.05) is 46.9 Å². The largest absolute Gasteiger partial charge is 0.479 e. The van der Waals surface area contributed by atoms with Crippen LogP contribution in [0.2, 0.25) is 15.1 Å². The van der Waals surface area contributed by atoms with Crippen molar-refractivity contribution in [2.24, 2.45) is 0 Å². The Kier molecular flexibility index (Phi) is 7.89. The molecule has 1 aliphatic heterocycles. The van der Waals surface area contributed by atoms with Crippen molar-refractivity contribution < 1.29 is 23.9 Å². The fourth-order valence-corrected chi connectivity index (χ4v) is 4.40. The third-order valence-corrected chi connectivity index (χ3v) is 5.77. The molecule has 2 aromatic rings. The number of hydrogen-bond donors (Lipinski definition) is 0. The molecule has 0 unspecified atom stereocenters. The summed E-state index contributed by atoms with van der Waals surface area (Å²) < 4.78 is 10.1. The molecule has 1 aliphatic rings. The summed E-state index contributed by atoms with van der Waals surface area (Å²) in [7, 11) is 0. The average molecular weight is 501 g/mol. The monoisotopic (exact) mass is 499 g/mol. The maximum Gasteiger partial charge on any atom is 0.344 e. The molecule has 162 valence electrons. The highest BCUT2D eigenvalue weighted by Gasteiger charge is 2.35. The molecule has 0 aromatic heterocycles. The summed E-state index contributed by atoms with van der Waals surface area (Å²) in [5.41, 5.74) is 1.25. The molecule has 3 rings (SSSR count). The van der Waals surface area contributed by atoms with Gasteiger partial charge in [-0.3, -0.25) is 14.5 Å². The van der Waals surface area contributed by atoms with Crippen molar-refractivity contribution in [1.29, 1.82) is 0 Å². The van der Waals surface area contributed by atoms with Crippen molar-refractivity contribution in [3.8, 4) is 5.75 Å². The summed E-state index contributed by atoms with van der Waals surface area (Å²) in [6, 6.07) is 10.0. The van der Waals surface area contributed by atoms with Crippen LogP contribution in [0, 0.1) is 0 Å². The molecular formula is C21H16Cl3NO5S. The minimum Gasteiger partial charge on any atom is -0.479 e. The van der Waals surface area contributed by atoms with Crippen LogP contribution in [0.5, 0.6) is 5.75 Å². The minimum atomic E-state index is -0.549. The van der Waals surface area contributed by atoms with Crippen molar-refractivity contribution >= 4 is 69.8 Å². The van der Waals surface area contributed by atoms with E-state index in [1.54, 1.807) is 31.2 Å². The molecule has 10 heteroatoms. The summed E-state index contributed by atoms with van der Waals surface area (Å²) in [5.74, 6) is -0.848. The average Bonchev–Trinajstić information content (AvgIpc) is 2.95. The van der Waals surface area contributed by atoms with Gasteiger partial charge in [-0.05, 0) is 60.2 Å². The molecule has 0 radical (unpaired) electrons. The van der Waals surface area contributed by atoms with Crippen LogP contribution in [0.4, 0.5) is 4.79 Å². The molecule has 0 N–H and O–H groups in total. The van der Waals surface area contributed by atoms with Crippen molar-refractivity contribution in [2.75, 3.05) is 13.2 Å². The standard InChI is InChI=1S/C21H16Cl3NO5S/c1-2-29-18(26)11-30-19-15(23)7-13(8-16(19)24)9-17-20(27)25(21(28)31-17)10-12-4-3-5-14(22)6-12/h3-9H,2,10-11H2,1H3/b17-9-. The van der Waals surface area contributed by atoms with Gasteiger partial charge in [-0.15, -0.1) is 0 Å². The molecule has 0 spiro atoms. The van der Waals surface area contributed by atoms with E-state index >= 15 is 0 Å². The summed E-state index contributed by atoms with van der Waals surface area (Å²) in [6.07, 6.45) is 1.52. The van der Waals surface area contributed by atoms with Gasteiger partial charge in [0.1, 0.15) is 0 Å². The summed E-state index contributed by atoms with van der Waals surface area (Å²) in [4.78, 5) is 37.9. The van der Waals surface area contributed by atoms with Gasteiger partial charge in [-0.2, -0.15) is 0 Å². The Bertz CT molecular complexity index is 1050. The maximum absolute atomic E-state index is 12.7. The topological polar surface area (TPSA) is 72.9 Å². The highest BCUT2D eigenvalue weighted by atomic mass is 35.5. The number of carbonyl (C=O) groups is 3. The Morgan fingerprint density at radius 1 is 1.13 bits per heavy atom. The molecule has 1 fully saturated rings. The first-order chi connectivity index (χ1) is 14.8. The Hall–Kier alpha value is -2.19. The molecule has 2 aromatic carbocycles. The van der Waals surface area contributed by atoms with Crippen molar-refractivity contribution in [3.05, 3.63) is 67.5 Å². The maximum atomic E-state index is 12.7. The zero-order valence-corrected chi connectivity index (χ0v) is 19.3. The van der Waals surface area contributed by atoms with Gasteiger partial charge >= 0.3 is 5.97 Å². The van der Waals surface area contributed by atoms with E-state index in [0.717, 1.165) is 22.2 Å². The fraction of sp³-hybridized carbons (Fsp3) is 0.190. The SMILES string of the molecule is CCOC(=O)COc1c(Cl)cc(/C=C2\SC(=O)N(Cc3cccc(Cl)c3)C2=O)cc1Cl. The normalized spacial score (nSPS) is 15.0. The van der Waals surface area contributed by atoms with Crippen molar-refractivity contribution in [2.45, 2.75) is 13.5 Å². The second kappa shape index (κ2) is 10.4. The summed E-state index contributed by atoms with van der Waals surface area (Å²) in [5, 5.41) is 0.444. The third-order valence-electron chi connectivity index (χ3n) is 4.06. The summed E-state index contributed by atoms with van der Waals surface area (Å²) in [6.45, 7) is 1.69. The number of benzene rings is 2. The third kappa shape index (κ3) is 5.95. The highest BCUT2D eigenvalue weighted by molar-refractivity contribution is 8.18. The van der Waals surface area contributed by atoms with Crippen LogP contribution in [-0.2, 0) is 20.9 Å². The van der Waals surface area contributed by atoms with E-state index in [1.165, 1.54) is 18.2 Å². The Morgan fingerprint density at radius 3 is 2.48 bits per heavy atom. The number of ether oxygens (including phenoxy) is 2. The molecule has 0 atom stereocenters. The zero-order valence-electron chi connectivity index (χ0n) is 16.2. The van der Waals surface area contributed by atoms with Crippen molar-refractivity contribution in [1.82, 2.24) is 4.90 Å². The van der Waals surface area contributed by atoms with Crippen LogP contribution >= 0.6 is 46.6 Å². The molecule has 6 nitrogen and oxygen atoms in total. The fourth-order valence-electron chi connectivity index (χ4n) is 2.74. The minimum absolute atomic E-state index is 0.116. The van der Waals surface area contributed by atoms with Gasteiger partial charge in [0.25, 0.3) is 11.1 Å². The Morgan fingerprint density at radius 2 is 1.84 bits per heavy atom. The Balaban J connectivity index is 1.76. The van der Waals surface area contributed by atoms with Gasteiger partial charge in [0.2, 0.25) is 0 Å².